The average molecular weight is 422 g/mol. The minimum Gasteiger partial charge on any atom is -0.497 e. The molecule has 0 N–H and O–H groups in total. The number of ether oxygens (including phenoxy) is 2. The topological polar surface area (TPSA) is 56.6 Å². The Morgan fingerprint density at radius 3 is 2.45 bits per heavy atom. The summed E-state index contributed by atoms with van der Waals surface area (Å²) in [5.41, 5.74) is 1.92. The first kappa shape index (κ1) is 21.2. The van der Waals surface area contributed by atoms with Gasteiger partial charge in [0.05, 0.1) is 24.8 Å². The molecule has 2 heterocycles. The first-order valence-corrected chi connectivity index (χ1v) is 10.9. The van der Waals surface area contributed by atoms with E-state index < -0.39 is 0 Å². The minimum atomic E-state index is -0.172. The van der Waals surface area contributed by atoms with Crippen LogP contribution in [0.15, 0.2) is 48.5 Å². The number of aryl methyl sites for hydroxylation is 1. The number of methoxy groups -OCH3 is 1. The lowest BCUT2D eigenvalue weighted by Gasteiger charge is -2.32. The molecular weight excluding hydrogens is 390 g/mol. The van der Waals surface area contributed by atoms with Gasteiger partial charge in [-0.05, 0) is 63.6 Å². The minimum absolute atomic E-state index is 0.113. The van der Waals surface area contributed by atoms with Gasteiger partial charge in [0.2, 0.25) is 5.91 Å². The number of rotatable bonds is 7. The summed E-state index contributed by atoms with van der Waals surface area (Å²) >= 11 is 0. The lowest BCUT2D eigenvalue weighted by molar-refractivity contribution is -0.131. The van der Waals surface area contributed by atoms with E-state index in [4.69, 9.17) is 14.5 Å². The normalized spacial score (nSPS) is 16.8. The molecule has 0 saturated carbocycles. The van der Waals surface area contributed by atoms with Gasteiger partial charge in [-0.3, -0.25) is 4.79 Å². The molecule has 6 nitrogen and oxygen atoms in total. The van der Waals surface area contributed by atoms with E-state index in [1.54, 1.807) is 7.11 Å². The van der Waals surface area contributed by atoms with Gasteiger partial charge in [0.25, 0.3) is 0 Å². The molecule has 0 bridgehead atoms. The van der Waals surface area contributed by atoms with E-state index in [1.807, 2.05) is 47.4 Å². The zero-order chi connectivity index (χ0) is 22.0. The van der Waals surface area contributed by atoms with Crippen molar-refractivity contribution in [3.63, 3.8) is 0 Å². The molecule has 31 heavy (non-hydrogen) atoms. The molecule has 1 atom stereocenters. The molecule has 1 aliphatic heterocycles. The average Bonchev–Trinajstić information content (AvgIpc) is 3.32. The second-order valence-corrected chi connectivity index (χ2v) is 9.06. The summed E-state index contributed by atoms with van der Waals surface area (Å²) in [6.45, 7) is 8.39. The Hall–Kier alpha value is -3.02. The Morgan fingerprint density at radius 2 is 1.77 bits per heavy atom. The molecular formula is C25H31N3O3. The predicted molar refractivity (Wildman–Crippen MR) is 122 cm³/mol. The van der Waals surface area contributed by atoms with Gasteiger partial charge < -0.3 is 18.9 Å². The third kappa shape index (κ3) is 4.53. The maximum atomic E-state index is 12.7. The number of benzene rings is 2. The van der Waals surface area contributed by atoms with Crippen LogP contribution in [-0.2, 0) is 11.3 Å². The summed E-state index contributed by atoms with van der Waals surface area (Å²) in [4.78, 5) is 19.6. The van der Waals surface area contributed by atoms with Crippen molar-refractivity contribution in [1.82, 2.24) is 14.5 Å². The molecule has 1 saturated heterocycles. The van der Waals surface area contributed by atoms with E-state index in [0.717, 1.165) is 41.3 Å². The van der Waals surface area contributed by atoms with E-state index in [9.17, 15) is 4.79 Å². The number of aromatic nitrogens is 2. The molecule has 164 valence electrons. The van der Waals surface area contributed by atoms with Gasteiger partial charge in [0.1, 0.15) is 17.3 Å². The van der Waals surface area contributed by atoms with Crippen LogP contribution in [0.3, 0.4) is 0 Å². The molecule has 6 heteroatoms. The van der Waals surface area contributed by atoms with Gasteiger partial charge in [-0.2, -0.15) is 0 Å². The largest absolute Gasteiger partial charge is 0.497 e. The molecule has 1 fully saturated rings. The van der Waals surface area contributed by atoms with Gasteiger partial charge in [-0.25, -0.2) is 4.98 Å². The summed E-state index contributed by atoms with van der Waals surface area (Å²) in [5.74, 6) is 2.97. The van der Waals surface area contributed by atoms with Crippen LogP contribution in [0.4, 0.5) is 0 Å². The van der Waals surface area contributed by atoms with E-state index in [1.165, 1.54) is 0 Å². The Balaban J connectivity index is 1.48. The van der Waals surface area contributed by atoms with Gasteiger partial charge in [-0.1, -0.05) is 12.1 Å². The Kier molecular flexibility index (Phi) is 5.90. The van der Waals surface area contributed by atoms with E-state index in [0.29, 0.717) is 19.6 Å². The molecule has 0 spiro atoms. The molecule has 0 unspecified atom stereocenters. The van der Waals surface area contributed by atoms with Crippen molar-refractivity contribution in [3.8, 4) is 11.5 Å². The number of fused-ring (bicyclic) bond motifs is 1. The summed E-state index contributed by atoms with van der Waals surface area (Å²) in [6, 6.07) is 15.8. The second-order valence-electron chi connectivity index (χ2n) is 9.06. The Bertz CT molecular complexity index is 1050. The highest BCUT2D eigenvalue weighted by molar-refractivity contribution is 5.81. The molecule has 0 aliphatic carbocycles. The van der Waals surface area contributed by atoms with Gasteiger partial charge in [-0.15, -0.1) is 0 Å². The highest BCUT2D eigenvalue weighted by atomic mass is 16.5. The quantitative estimate of drug-likeness (QED) is 0.522. The van der Waals surface area contributed by atoms with Crippen molar-refractivity contribution in [2.75, 3.05) is 20.3 Å². The maximum absolute atomic E-state index is 12.7. The lowest BCUT2D eigenvalue weighted by Crippen LogP contribution is -2.42. The van der Waals surface area contributed by atoms with Gasteiger partial charge in [0, 0.05) is 31.0 Å². The number of hydrogen-bond donors (Lipinski definition) is 0. The van der Waals surface area contributed by atoms with E-state index in [-0.39, 0.29) is 17.4 Å². The molecule has 1 amide bonds. The van der Waals surface area contributed by atoms with Crippen LogP contribution in [-0.4, -0.2) is 46.2 Å². The van der Waals surface area contributed by atoms with Crippen LogP contribution in [0.2, 0.25) is 0 Å². The number of likely N-dealkylation sites (tertiary alicyclic amines) is 1. The monoisotopic (exact) mass is 421 g/mol. The first-order valence-electron chi connectivity index (χ1n) is 10.9. The highest BCUT2D eigenvalue weighted by Gasteiger charge is 2.38. The van der Waals surface area contributed by atoms with Crippen LogP contribution >= 0.6 is 0 Å². The maximum Gasteiger partial charge on any atom is 0.223 e. The standard InChI is InChI=1S/C25H31N3O3/c1-25(2,3)28-17-18(16-23(28)29)24-26-21-8-5-6-9-22(21)27(24)14-7-15-31-20-12-10-19(30-4)11-13-20/h5-6,8-13,18H,7,14-17H2,1-4H3/t18-/m0/s1. The first-order chi connectivity index (χ1) is 14.9. The smallest absolute Gasteiger partial charge is 0.223 e. The molecule has 2 aromatic carbocycles. The fraction of sp³-hybridized carbons (Fsp3) is 0.440. The van der Waals surface area contributed by atoms with Crippen LogP contribution in [0.5, 0.6) is 11.5 Å². The highest BCUT2D eigenvalue weighted by Crippen LogP contribution is 2.34. The Labute approximate surface area is 183 Å². The van der Waals surface area contributed by atoms with Crippen molar-refractivity contribution in [2.24, 2.45) is 0 Å². The zero-order valence-corrected chi connectivity index (χ0v) is 18.8. The fourth-order valence-corrected chi connectivity index (χ4v) is 4.25. The van der Waals surface area contributed by atoms with E-state index in [2.05, 4.69) is 31.4 Å². The zero-order valence-electron chi connectivity index (χ0n) is 18.8. The van der Waals surface area contributed by atoms with Crippen LogP contribution in [0, 0.1) is 0 Å². The van der Waals surface area contributed by atoms with Crippen molar-refractivity contribution < 1.29 is 14.3 Å². The number of carbonyl (C=O) groups excluding carboxylic acids is 1. The van der Waals surface area contributed by atoms with Crippen molar-refractivity contribution in [1.29, 1.82) is 0 Å². The molecule has 1 aliphatic rings. The van der Waals surface area contributed by atoms with Crippen LogP contribution in [0.25, 0.3) is 11.0 Å². The van der Waals surface area contributed by atoms with Crippen LogP contribution < -0.4 is 9.47 Å². The number of carbonyl (C=O) groups is 1. The van der Waals surface area contributed by atoms with Crippen LogP contribution in [0.1, 0.15) is 45.4 Å². The van der Waals surface area contributed by atoms with Crippen molar-refractivity contribution in [2.45, 2.75) is 51.6 Å². The number of para-hydroxylation sites is 2. The predicted octanol–water partition coefficient (Wildman–Crippen LogP) is 4.63. The molecule has 3 aromatic rings. The number of hydrogen-bond acceptors (Lipinski definition) is 4. The van der Waals surface area contributed by atoms with Gasteiger partial charge in [0.15, 0.2) is 0 Å². The molecule has 4 rings (SSSR count). The summed E-state index contributed by atoms with van der Waals surface area (Å²) in [6.07, 6.45) is 1.37. The van der Waals surface area contributed by atoms with Crippen molar-refractivity contribution >= 4 is 16.9 Å². The SMILES string of the molecule is COc1ccc(OCCCn2c([C@H]3CC(=O)N(C(C)(C)C)C3)nc3ccccc32)cc1. The Morgan fingerprint density at radius 1 is 1.06 bits per heavy atom. The lowest BCUT2D eigenvalue weighted by atomic mass is 10.1. The number of amides is 1. The third-order valence-corrected chi connectivity index (χ3v) is 5.84. The second kappa shape index (κ2) is 8.61. The summed E-state index contributed by atoms with van der Waals surface area (Å²) in [7, 11) is 1.65. The number of nitrogens with zero attached hydrogens (tertiary/aromatic N) is 3. The molecule has 0 radical (unpaired) electrons. The molecule has 1 aromatic heterocycles. The summed E-state index contributed by atoms with van der Waals surface area (Å²) in [5, 5.41) is 0. The van der Waals surface area contributed by atoms with Crippen molar-refractivity contribution in [3.05, 3.63) is 54.4 Å². The third-order valence-electron chi connectivity index (χ3n) is 5.84. The number of imidazole rings is 1. The van der Waals surface area contributed by atoms with Gasteiger partial charge >= 0.3 is 0 Å². The fourth-order valence-electron chi connectivity index (χ4n) is 4.25. The summed E-state index contributed by atoms with van der Waals surface area (Å²) < 4.78 is 13.4. The van der Waals surface area contributed by atoms with E-state index >= 15 is 0 Å².